The SMILES string of the molecule is CC(C)C(=O)NCCNC(=O)Nc1ccc(F)c(Br)c1. The lowest BCUT2D eigenvalue weighted by atomic mass is 10.2. The zero-order valence-electron chi connectivity index (χ0n) is 11.3. The molecule has 0 saturated carbocycles. The minimum atomic E-state index is -0.415. The van der Waals surface area contributed by atoms with Gasteiger partial charge in [-0.15, -0.1) is 0 Å². The zero-order chi connectivity index (χ0) is 15.1. The molecule has 110 valence electrons. The highest BCUT2D eigenvalue weighted by atomic mass is 79.9. The van der Waals surface area contributed by atoms with Crippen molar-refractivity contribution in [1.82, 2.24) is 10.6 Å². The Morgan fingerprint density at radius 1 is 1.25 bits per heavy atom. The fraction of sp³-hybridized carbons (Fsp3) is 0.385. The first-order valence-corrected chi connectivity index (χ1v) is 6.97. The largest absolute Gasteiger partial charge is 0.354 e. The predicted octanol–water partition coefficient (Wildman–Crippen LogP) is 2.48. The first-order chi connectivity index (χ1) is 9.40. The molecule has 0 saturated heterocycles. The Labute approximate surface area is 125 Å². The average Bonchev–Trinajstić information content (AvgIpc) is 2.38. The molecule has 0 atom stereocenters. The molecule has 3 N–H and O–H groups in total. The van der Waals surface area contributed by atoms with Crippen molar-refractivity contribution in [2.24, 2.45) is 5.92 Å². The molecule has 5 nitrogen and oxygen atoms in total. The number of benzene rings is 1. The van der Waals surface area contributed by atoms with Crippen LogP contribution < -0.4 is 16.0 Å². The molecule has 0 aliphatic carbocycles. The molecule has 0 aliphatic rings. The van der Waals surface area contributed by atoms with Crippen LogP contribution in [-0.4, -0.2) is 25.0 Å². The third kappa shape index (κ3) is 5.56. The fourth-order valence-corrected chi connectivity index (χ4v) is 1.69. The number of halogens is 2. The van der Waals surface area contributed by atoms with Crippen molar-refractivity contribution in [3.8, 4) is 0 Å². The van der Waals surface area contributed by atoms with Crippen LogP contribution in [0.2, 0.25) is 0 Å². The minimum Gasteiger partial charge on any atom is -0.354 e. The van der Waals surface area contributed by atoms with E-state index in [4.69, 9.17) is 0 Å². The van der Waals surface area contributed by atoms with Crippen molar-refractivity contribution in [1.29, 1.82) is 0 Å². The summed E-state index contributed by atoms with van der Waals surface area (Å²) in [5.41, 5.74) is 0.474. The normalized spacial score (nSPS) is 10.2. The van der Waals surface area contributed by atoms with Crippen LogP contribution in [0.25, 0.3) is 0 Å². The van der Waals surface area contributed by atoms with Gasteiger partial charge in [-0.3, -0.25) is 4.79 Å². The number of hydrogen-bond donors (Lipinski definition) is 3. The van der Waals surface area contributed by atoms with Crippen molar-refractivity contribution in [3.05, 3.63) is 28.5 Å². The van der Waals surface area contributed by atoms with Gasteiger partial charge in [-0.25, -0.2) is 9.18 Å². The van der Waals surface area contributed by atoms with Crippen molar-refractivity contribution in [2.75, 3.05) is 18.4 Å². The molecular weight excluding hydrogens is 329 g/mol. The zero-order valence-corrected chi connectivity index (χ0v) is 12.9. The number of carbonyl (C=O) groups excluding carboxylic acids is 2. The van der Waals surface area contributed by atoms with E-state index >= 15 is 0 Å². The maximum absolute atomic E-state index is 13.0. The Morgan fingerprint density at radius 2 is 1.90 bits per heavy atom. The van der Waals surface area contributed by atoms with Crippen LogP contribution in [0.15, 0.2) is 22.7 Å². The summed E-state index contributed by atoms with van der Waals surface area (Å²) in [5.74, 6) is -0.539. The predicted molar refractivity (Wildman–Crippen MR) is 79.0 cm³/mol. The summed E-state index contributed by atoms with van der Waals surface area (Å²) in [7, 11) is 0. The van der Waals surface area contributed by atoms with Gasteiger partial charge in [0.2, 0.25) is 5.91 Å². The van der Waals surface area contributed by atoms with Crippen LogP contribution in [0, 0.1) is 11.7 Å². The van der Waals surface area contributed by atoms with Crippen molar-refractivity contribution in [2.45, 2.75) is 13.8 Å². The van der Waals surface area contributed by atoms with Gasteiger partial charge in [0.1, 0.15) is 5.82 Å². The molecule has 20 heavy (non-hydrogen) atoms. The lowest BCUT2D eigenvalue weighted by Crippen LogP contribution is -2.38. The Kier molecular flexibility index (Phi) is 6.44. The molecule has 0 spiro atoms. The Bertz CT molecular complexity index is 495. The number of urea groups is 1. The van der Waals surface area contributed by atoms with E-state index in [0.717, 1.165) is 0 Å². The van der Waals surface area contributed by atoms with E-state index in [-0.39, 0.29) is 16.3 Å². The molecule has 0 radical (unpaired) electrons. The van der Waals surface area contributed by atoms with Gasteiger partial charge in [0, 0.05) is 24.7 Å². The molecule has 0 fully saturated rings. The second-order valence-electron chi connectivity index (χ2n) is 4.46. The highest BCUT2D eigenvalue weighted by molar-refractivity contribution is 9.10. The van der Waals surface area contributed by atoms with Gasteiger partial charge >= 0.3 is 6.03 Å². The highest BCUT2D eigenvalue weighted by Crippen LogP contribution is 2.19. The average molecular weight is 346 g/mol. The molecule has 0 heterocycles. The summed E-state index contributed by atoms with van der Waals surface area (Å²) in [5, 5.41) is 7.83. The van der Waals surface area contributed by atoms with Crippen LogP contribution in [-0.2, 0) is 4.79 Å². The van der Waals surface area contributed by atoms with E-state index in [2.05, 4.69) is 31.9 Å². The van der Waals surface area contributed by atoms with Crippen molar-refractivity contribution in [3.63, 3.8) is 0 Å². The molecule has 1 aromatic carbocycles. The fourth-order valence-electron chi connectivity index (χ4n) is 1.32. The summed E-state index contributed by atoms with van der Waals surface area (Å²) in [6.07, 6.45) is 0. The first-order valence-electron chi connectivity index (χ1n) is 6.17. The maximum atomic E-state index is 13.0. The van der Waals surface area contributed by atoms with E-state index in [0.29, 0.717) is 18.8 Å². The summed E-state index contributed by atoms with van der Waals surface area (Å²) in [6, 6.07) is 3.76. The summed E-state index contributed by atoms with van der Waals surface area (Å²) in [4.78, 5) is 22.8. The Hall–Kier alpha value is -1.63. The van der Waals surface area contributed by atoms with Crippen LogP contribution in [0.3, 0.4) is 0 Å². The van der Waals surface area contributed by atoms with E-state index in [1.54, 1.807) is 13.8 Å². The molecule has 0 aromatic heterocycles. The lowest BCUT2D eigenvalue weighted by molar-refractivity contribution is -0.123. The number of nitrogens with one attached hydrogen (secondary N) is 3. The first kappa shape index (κ1) is 16.4. The molecule has 0 aliphatic heterocycles. The van der Waals surface area contributed by atoms with Crippen molar-refractivity contribution >= 4 is 33.6 Å². The highest BCUT2D eigenvalue weighted by Gasteiger charge is 2.06. The van der Waals surface area contributed by atoms with Gasteiger partial charge in [-0.05, 0) is 34.1 Å². The molecule has 3 amide bonds. The number of amides is 3. The molecular formula is C13H17BrFN3O2. The van der Waals surface area contributed by atoms with Crippen LogP contribution in [0.1, 0.15) is 13.8 Å². The second-order valence-corrected chi connectivity index (χ2v) is 5.31. The molecule has 7 heteroatoms. The van der Waals surface area contributed by atoms with E-state index in [1.807, 2.05) is 0 Å². The number of rotatable bonds is 5. The number of carbonyl (C=O) groups is 2. The summed E-state index contributed by atoms with van der Waals surface area (Å²) >= 11 is 3.04. The standard InChI is InChI=1S/C13H17BrFN3O2/c1-8(2)12(19)16-5-6-17-13(20)18-9-3-4-11(15)10(14)7-9/h3-4,7-8H,5-6H2,1-2H3,(H,16,19)(H2,17,18,20). The van der Waals surface area contributed by atoms with Gasteiger partial charge in [0.25, 0.3) is 0 Å². The third-order valence-corrected chi connectivity index (χ3v) is 3.02. The van der Waals surface area contributed by atoms with Crippen LogP contribution in [0.5, 0.6) is 0 Å². The molecule has 0 unspecified atom stereocenters. The minimum absolute atomic E-state index is 0.0605. The van der Waals surface area contributed by atoms with Gasteiger partial charge in [0.05, 0.1) is 4.47 Å². The Morgan fingerprint density at radius 3 is 2.50 bits per heavy atom. The van der Waals surface area contributed by atoms with Gasteiger partial charge in [-0.2, -0.15) is 0 Å². The van der Waals surface area contributed by atoms with Gasteiger partial charge < -0.3 is 16.0 Å². The Balaban J connectivity index is 2.30. The van der Waals surface area contributed by atoms with Gasteiger partial charge in [0.15, 0.2) is 0 Å². The lowest BCUT2D eigenvalue weighted by Gasteiger charge is -2.10. The topological polar surface area (TPSA) is 70.2 Å². The molecule has 1 aromatic rings. The monoisotopic (exact) mass is 345 g/mol. The van der Waals surface area contributed by atoms with Crippen LogP contribution in [0.4, 0.5) is 14.9 Å². The van der Waals surface area contributed by atoms with Crippen molar-refractivity contribution < 1.29 is 14.0 Å². The molecule has 0 bridgehead atoms. The van der Waals surface area contributed by atoms with Crippen LogP contribution >= 0.6 is 15.9 Å². The summed E-state index contributed by atoms with van der Waals surface area (Å²) < 4.78 is 13.3. The number of anilines is 1. The molecule has 1 rings (SSSR count). The van der Waals surface area contributed by atoms with Gasteiger partial charge in [-0.1, -0.05) is 13.8 Å². The maximum Gasteiger partial charge on any atom is 0.319 e. The van der Waals surface area contributed by atoms with E-state index in [9.17, 15) is 14.0 Å². The van der Waals surface area contributed by atoms with E-state index in [1.165, 1.54) is 18.2 Å². The second kappa shape index (κ2) is 7.84. The third-order valence-electron chi connectivity index (χ3n) is 2.41. The summed E-state index contributed by atoms with van der Waals surface area (Å²) in [6.45, 7) is 4.26. The number of hydrogen-bond acceptors (Lipinski definition) is 2. The smallest absolute Gasteiger partial charge is 0.319 e. The quantitative estimate of drug-likeness (QED) is 0.717. The van der Waals surface area contributed by atoms with E-state index < -0.39 is 11.8 Å².